The molecule has 1 aliphatic heterocycles. The van der Waals surface area contributed by atoms with Crippen LogP contribution in [0.25, 0.3) is 6.08 Å². The molecule has 1 unspecified atom stereocenters. The fraction of sp³-hybridized carbons (Fsp3) is 0.0455. The van der Waals surface area contributed by atoms with E-state index < -0.39 is 6.10 Å². The van der Waals surface area contributed by atoms with Gasteiger partial charge < -0.3 is 4.74 Å². The van der Waals surface area contributed by atoms with Crippen molar-refractivity contribution in [3.63, 3.8) is 0 Å². The third-order valence-electron chi connectivity index (χ3n) is 4.19. The Kier molecular flexibility index (Phi) is 4.12. The average Bonchev–Trinajstić information content (AvgIpc) is 2.65. The minimum Gasteiger partial charge on any atom is -0.480 e. The molecule has 3 aromatic carbocycles. The molecule has 3 heteroatoms. The van der Waals surface area contributed by atoms with Crippen molar-refractivity contribution in [1.82, 2.24) is 0 Å². The fourth-order valence-electron chi connectivity index (χ4n) is 3.01. The largest absolute Gasteiger partial charge is 0.480 e. The van der Waals surface area contributed by atoms with Gasteiger partial charge in [-0.1, -0.05) is 66.2 Å². The summed E-state index contributed by atoms with van der Waals surface area (Å²) in [5.74, 6) is 0.597. The Labute approximate surface area is 151 Å². The van der Waals surface area contributed by atoms with Crippen LogP contribution in [0.5, 0.6) is 5.75 Å². The van der Waals surface area contributed by atoms with Crippen LogP contribution in [0.15, 0.2) is 84.4 Å². The number of Topliss-reactive ketones (excluding diaryl/α,β-unsaturated/α-hetero) is 1. The number of fused-ring (bicyclic) bond motifs is 1. The minimum absolute atomic E-state index is 0.0179. The zero-order valence-corrected chi connectivity index (χ0v) is 14.1. The Morgan fingerprint density at radius 3 is 2.44 bits per heavy atom. The number of benzene rings is 3. The maximum Gasteiger partial charge on any atom is 0.196 e. The van der Waals surface area contributed by atoms with E-state index in [0.29, 0.717) is 21.9 Å². The number of para-hydroxylation sites is 1. The number of halogens is 1. The van der Waals surface area contributed by atoms with Gasteiger partial charge in [0, 0.05) is 10.6 Å². The Balaban J connectivity index is 1.87. The Morgan fingerprint density at radius 1 is 0.880 bits per heavy atom. The van der Waals surface area contributed by atoms with E-state index in [4.69, 9.17) is 16.3 Å². The smallest absolute Gasteiger partial charge is 0.196 e. The number of hydrogen-bond donors (Lipinski definition) is 0. The Hall–Kier alpha value is -2.84. The second-order valence-electron chi connectivity index (χ2n) is 5.89. The molecule has 0 N–H and O–H groups in total. The summed E-state index contributed by atoms with van der Waals surface area (Å²) in [4.78, 5) is 13.1. The van der Waals surface area contributed by atoms with Gasteiger partial charge in [0.2, 0.25) is 0 Å². The van der Waals surface area contributed by atoms with Crippen LogP contribution in [0, 0.1) is 0 Å². The van der Waals surface area contributed by atoms with E-state index in [0.717, 1.165) is 11.1 Å². The van der Waals surface area contributed by atoms with Crippen LogP contribution in [0.4, 0.5) is 0 Å². The molecule has 0 spiro atoms. The first-order chi connectivity index (χ1) is 12.2. The molecule has 0 aliphatic carbocycles. The third-order valence-corrected chi connectivity index (χ3v) is 4.43. The summed E-state index contributed by atoms with van der Waals surface area (Å²) in [6, 6.07) is 24.6. The van der Waals surface area contributed by atoms with Crippen LogP contribution < -0.4 is 4.74 Å². The topological polar surface area (TPSA) is 26.3 Å². The van der Waals surface area contributed by atoms with Crippen molar-refractivity contribution in [2.75, 3.05) is 0 Å². The maximum atomic E-state index is 13.1. The Bertz CT molecular complexity index is 961. The van der Waals surface area contributed by atoms with Gasteiger partial charge in [0.1, 0.15) is 5.75 Å². The maximum absolute atomic E-state index is 13.1. The molecule has 0 bridgehead atoms. The van der Waals surface area contributed by atoms with Crippen molar-refractivity contribution in [2.24, 2.45) is 0 Å². The first-order valence-electron chi connectivity index (χ1n) is 8.05. The zero-order valence-electron chi connectivity index (χ0n) is 13.4. The van der Waals surface area contributed by atoms with Gasteiger partial charge in [-0.15, -0.1) is 0 Å². The van der Waals surface area contributed by atoms with Crippen LogP contribution in [-0.2, 0) is 0 Å². The highest BCUT2D eigenvalue weighted by Crippen LogP contribution is 2.39. The number of carbonyl (C=O) groups excluding carboxylic acids is 1. The summed E-state index contributed by atoms with van der Waals surface area (Å²) >= 11 is 6.09. The summed E-state index contributed by atoms with van der Waals surface area (Å²) in [6.45, 7) is 0. The van der Waals surface area contributed by atoms with Gasteiger partial charge in [-0.05, 0) is 41.5 Å². The van der Waals surface area contributed by atoms with E-state index in [1.165, 1.54) is 0 Å². The van der Waals surface area contributed by atoms with E-state index in [2.05, 4.69) is 0 Å². The number of ketones is 1. The molecule has 1 aliphatic rings. The molecule has 0 amide bonds. The van der Waals surface area contributed by atoms with Gasteiger partial charge in [0.25, 0.3) is 0 Å². The molecule has 0 aromatic heterocycles. The van der Waals surface area contributed by atoms with Crippen LogP contribution in [0.1, 0.15) is 27.6 Å². The molecule has 2 nitrogen and oxygen atoms in total. The van der Waals surface area contributed by atoms with E-state index >= 15 is 0 Å². The van der Waals surface area contributed by atoms with Crippen LogP contribution in [0.2, 0.25) is 5.02 Å². The molecule has 1 heterocycles. The Morgan fingerprint density at radius 2 is 1.64 bits per heavy atom. The molecule has 3 aromatic rings. The lowest BCUT2D eigenvalue weighted by molar-refractivity contribution is 0.0963. The standard InChI is InChI=1S/C22H15ClO2/c23-17-10-6-7-15(13-17)14-19-21(24)18-11-4-5-12-20(18)25-22(19)16-8-2-1-3-9-16/h1-14,22H/b19-14+. The van der Waals surface area contributed by atoms with Crippen LogP contribution >= 0.6 is 11.6 Å². The van der Waals surface area contributed by atoms with Crippen molar-refractivity contribution in [2.45, 2.75) is 6.10 Å². The second kappa shape index (κ2) is 6.58. The van der Waals surface area contributed by atoms with Crippen molar-refractivity contribution in [3.8, 4) is 5.75 Å². The quantitative estimate of drug-likeness (QED) is 0.553. The number of carbonyl (C=O) groups is 1. The van der Waals surface area contributed by atoms with E-state index in [1.54, 1.807) is 6.07 Å². The highest BCUT2D eigenvalue weighted by Gasteiger charge is 2.32. The zero-order chi connectivity index (χ0) is 17.2. The molecule has 0 saturated heterocycles. The SMILES string of the molecule is O=C1/C(=C\c2cccc(Cl)c2)C(c2ccccc2)Oc2ccccc21. The lowest BCUT2D eigenvalue weighted by atomic mass is 9.89. The lowest BCUT2D eigenvalue weighted by Crippen LogP contribution is -2.23. The molecule has 0 fully saturated rings. The van der Waals surface area contributed by atoms with Crippen molar-refractivity contribution in [3.05, 3.63) is 106 Å². The van der Waals surface area contributed by atoms with Crippen LogP contribution in [-0.4, -0.2) is 5.78 Å². The number of ether oxygens (including phenoxy) is 1. The first kappa shape index (κ1) is 15.7. The minimum atomic E-state index is -0.442. The van der Waals surface area contributed by atoms with Gasteiger partial charge in [-0.2, -0.15) is 0 Å². The average molecular weight is 347 g/mol. The molecule has 25 heavy (non-hydrogen) atoms. The molecular formula is C22H15ClO2. The molecule has 122 valence electrons. The van der Waals surface area contributed by atoms with E-state index in [-0.39, 0.29) is 5.78 Å². The van der Waals surface area contributed by atoms with Gasteiger partial charge in [0.15, 0.2) is 11.9 Å². The highest BCUT2D eigenvalue weighted by atomic mass is 35.5. The molecular weight excluding hydrogens is 332 g/mol. The molecule has 0 radical (unpaired) electrons. The summed E-state index contributed by atoms with van der Waals surface area (Å²) in [7, 11) is 0. The molecule has 0 saturated carbocycles. The van der Waals surface area contributed by atoms with Crippen molar-refractivity contribution >= 4 is 23.5 Å². The second-order valence-corrected chi connectivity index (χ2v) is 6.32. The van der Waals surface area contributed by atoms with Crippen LogP contribution in [0.3, 0.4) is 0 Å². The third kappa shape index (κ3) is 3.09. The van der Waals surface area contributed by atoms with E-state index in [9.17, 15) is 4.79 Å². The predicted molar refractivity (Wildman–Crippen MR) is 100 cm³/mol. The molecule has 4 rings (SSSR count). The highest BCUT2D eigenvalue weighted by molar-refractivity contribution is 6.30. The summed E-state index contributed by atoms with van der Waals surface area (Å²) in [5.41, 5.74) is 3.01. The summed E-state index contributed by atoms with van der Waals surface area (Å²) in [6.07, 6.45) is 1.42. The van der Waals surface area contributed by atoms with Gasteiger partial charge >= 0.3 is 0 Å². The van der Waals surface area contributed by atoms with Gasteiger partial charge in [0.05, 0.1) is 5.56 Å². The van der Waals surface area contributed by atoms with Gasteiger partial charge in [-0.3, -0.25) is 4.79 Å². The molecule has 1 atom stereocenters. The van der Waals surface area contributed by atoms with Gasteiger partial charge in [-0.25, -0.2) is 0 Å². The predicted octanol–water partition coefficient (Wildman–Crippen LogP) is 5.74. The van der Waals surface area contributed by atoms with E-state index in [1.807, 2.05) is 78.9 Å². The summed E-state index contributed by atoms with van der Waals surface area (Å²) in [5, 5.41) is 0.634. The normalized spacial score (nSPS) is 17.9. The van der Waals surface area contributed by atoms with Crippen molar-refractivity contribution < 1.29 is 9.53 Å². The van der Waals surface area contributed by atoms with Crippen molar-refractivity contribution in [1.29, 1.82) is 0 Å². The fourth-order valence-corrected chi connectivity index (χ4v) is 3.21. The summed E-state index contributed by atoms with van der Waals surface area (Å²) < 4.78 is 6.18. The first-order valence-corrected chi connectivity index (χ1v) is 8.42. The number of hydrogen-bond acceptors (Lipinski definition) is 2. The lowest BCUT2D eigenvalue weighted by Gasteiger charge is -2.28. The monoisotopic (exact) mass is 346 g/mol. The number of rotatable bonds is 2.